The van der Waals surface area contributed by atoms with Gasteiger partial charge in [0, 0.05) is 24.0 Å². The molecule has 31 heavy (non-hydrogen) atoms. The van der Waals surface area contributed by atoms with Gasteiger partial charge in [0.2, 0.25) is 10.0 Å². The molecule has 0 spiro atoms. The molecule has 8 heteroatoms. The van der Waals surface area contributed by atoms with E-state index in [4.69, 9.17) is 0 Å². The summed E-state index contributed by atoms with van der Waals surface area (Å²) in [6, 6.07) is 20.3. The van der Waals surface area contributed by atoms with Gasteiger partial charge in [-0.15, -0.1) is 0 Å². The summed E-state index contributed by atoms with van der Waals surface area (Å²) in [5, 5.41) is 4.05. The molecule has 0 bridgehead atoms. The molecular formula is C23H21FN4O2S. The van der Waals surface area contributed by atoms with Crippen LogP contribution in [0.4, 0.5) is 10.2 Å². The Bertz CT molecular complexity index is 1310. The van der Waals surface area contributed by atoms with Gasteiger partial charge in [-0.25, -0.2) is 27.5 Å². The third-order valence-corrected chi connectivity index (χ3v) is 6.22. The Balaban J connectivity index is 1.51. The minimum Gasteiger partial charge on any atom is -0.368 e. The van der Waals surface area contributed by atoms with Crippen LogP contribution in [0.25, 0.3) is 22.3 Å². The molecule has 4 rings (SSSR count). The van der Waals surface area contributed by atoms with Crippen LogP contribution >= 0.6 is 0 Å². The van der Waals surface area contributed by atoms with Crippen molar-refractivity contribution in [2.24, 2.45) is 0 Å². The Kier molecular flexibility index (Phi) is 5.92. The summed E-state index contributed by atoms with van der Waals surface area (Å²) in [6.07, 6.45) is 0. The van der Waals surface area contributed by atoms with Crippen LogP contribution in [0.1, 0.15) is 5.56 Å². The van der Waals surface area contributed by atoms with Crippen molar-refractivity contribution in [2.45, 2.75) is 11.8 Å². The lowest BCUT2D eigenvalue weighted by Gasteiger charge is -2.12. The molecule has 0 aliphatic heterocycles. The first-order chi connectivity index (χ1) is 14.9. The molecular weight excluding hydrogens is 415 g/mol. The molecule has 0 saturated heterocycles. The molecule has 0 amide bonds. The second-order valence-electron chi connectivity index (χ2n) is 7.06. The number of aromatic nitrogens is 2. The highest BCUT2D eigenvalue weighted by Crippen LogP contribution is 2.25. The van der Waals surface area contributed by atoms with Crippen molar-refractivity contribution in [3.63, 3.8) is 0 Å². The minimum atomic E-state index is -3.72. The summed E-state index contributed by atoms with van der Waals surface area (Å²) in [5.41, 5.74) is 2.84. The topological polar surface area (TPSA) is 84.0 Å². The van der Waals surface area contributed by atoms with Crippen LogP contribution in [0.5, 0.6) is 0 Å². The number of nitrogens with one attached hydrogen (secondary N) is 2. The lowest BCUT2D eigenvalue weighted by Crippen LogP contribution is -2.29. The van der Waals surface area contributed by atoms with Crippen molar-refractivity contribution in [1.82, 2.24) is 14.7 Å². The van der Waals surface area contributed by atoms with E-state index in [1.807, 2.05) is 55.5 Å². The van der Waals surface area contributed by atoms with Gasteiger partial charge in [0.25, 0.3) is 0 Å². The van der Waals surface area contributed by atoms with Crippen molar-refractivity contribution < 1.29 is 12.8 Å². The predicted octanol–water partition coefficient (Wildman–Crippen LogP) is 4.13. The highest BCUT2D eigenvalue weighted by atomic mass is 32.2. The fraction of sp³-hybridized carbons (Fsp3) is 0.130. The molecule has 0 aliphatic carbocycles. The number of para-hydroxylation sites is 1. The van der Waals surface area contributed by atoms with Gasteiger partial charge >= 0.3 is 0 Å². The number of benzene rings is 3. The fourth-order valence-electron chi connectivity index (χ4n) is 3.11. The summed E-state index contributed by atoms with van der Waals surface area (Å²) in [7, 11) is -3.72. The van der Waals surface area contributed by atoms with Gasteiger partial charge < -0.3 is 5.32 Å². The number of aryl methyl sites for hydroxylation is 1. The monoisotopic (exact) mass is 436 g/mol. The van der Waals surface area contributed by atoms with Gasteiger partial charge in [0.15, 0.2) is 5.82 Å². The Labute approximate surface area is 180 Å². The third kappa shape index (κ3) is 4.87. The number of rotatable bonds is 7. The van der Waals surface area contributed by atoms with E-state index in [1.165, 1.54) is 12.1 Å². The first-order valence-corrected chi connectivity index (χ1v) is 11.2. The number of fused-ring (bicyclic) bond motifs is 1. The number of halogens is 1. The SMILES string of the molecule is Cc1ccc(-c2nc(NCCNS(=O)(=O)c3ccc(F)cc3)c3ccccc3n2)cc1. The molecule has 0 saturated carbocycles. The normalized spacial score (nSPS) is 11.5. The average Bonchev–Trinajstić information content (AvgIpc) is 2.77. The summed E-state index contributed by atoms with van der Waals surface area (Å²) >= 11 is 0. The molecule has 6 nitrogen and oxygen atoms in total. The van der Waals surface area contributed by atoms with E-state index in [2.05, 4.69) is 20.0 Å². The van der Waals surface area contributed by atoms with Crippen molar-refractivity contribution >= 4 is 26.7 Å². The number of sulfonamides is 1. The molecule has 4 aromatic rings. The molecule has 1 aromatic heterocycles. The van der Waals surface area contributed by atoms with Crippen LogP contribution < -0.4 is 10.0 Å². The highest BCUT2D eigenvalue weighted by Gasteiger charge is 2.14. The Morgan fingerprint density at radius 1 is 0.871 bits per heavy atom. The second kappa shape index (κ2) is 8.79. The number of hydrogen-bond acceptors (Lipinski definition) is 5. The highest BCUT2D eigenvalue weighted by molar-refractivity contribution is 7.89. The van der Waals surface area contributed by atoms with Crippen molar-refractivity contribution in [2.75, 3.05) is 18.4 Å². The van der Waals surface area contributed by atoms with Crippen molar-refractivity contribution in [1.29, 1.82) is 0 Å². The van der Waals surface area contributed by atoms with Gasteiger partial charge in [0.05, 0.1) is 10.4 Å². The molecule has 0 radical (unpaired) electrons. The van der Waals surface area contributed by atoms with Gasteiger partial charge in [-0.1, -0.05) is 42.0 Å². The largest absolute Gasteiger partial charge is 0.368 e. The Morgan fingerprint density at radius 2 is 1.58 bits per heavy atom. The number of nitrogens with zero attached hydrogens (tertiary/aromatic N) is 2. The van der Waals surface area contributed by atoms with E-state index in [9.17, 15) is 12.8 Å². The zero-order chi connectivity index (χ0) is 21.8. The maximum absolute atomic E-state index is 13.0. The van der Waals surface area contributed by atoms with Crippen LogP contribution in [0.2, 0.25) is 0 Å². The molecule has 0 fully saturated rings. The van der Waals surface area contributed by atoms with E-state index in [1.54, 1.807) is 0 Å². The van der Waals surface area contributed by atoms with Crippen LogP contribution in [-0.2, 0) is 10.0 Å². The zero-order valence-corrected chi connectivity index (χ0v) is 17.7. The smallest absolute Gasteiger partial charge is 0.240 e. The molecule has 0 atom stereocenters. The summed E-state index contributed by atoms with van der Waals surface area (Å²) in [6.45, 7) is 2.47. The maximum atomic E-state index is 13.0. The summed E-state index contributed by atoms with van der Waals surface area (Å²) in [5.74, 6) is 0.732. The van der Waals surface area contributed by atoms with Crippen molar-refractivity contribution in [3.05, 3.63) is 84.2 Å². The zero-order valence-electron chi connectivity index (χ0n) is 16.8. The Hall–Kier alpha value is -3.36. The lowest BCUT2D eigenvalue weighted by atomic mass is 10.1. The molecule has 158 valence electrons. The van der Waals surface area contributed by atoms with E-state index in [-0.39, 0.29) is 11.4 Å². The lowest BCUT2D eigenvalue weighted by molar-refractivity contribution is 0.582. The number of anilines is 1. The quantitative estimate of drug-likeness (QED) is 0.426. The molecule has 0 unspecified atom stereocenters. The summed E-state index contributed by atoms with van der Waals surface area (Å²) in [4.78, 5) is 9.34. The van der Waals surface area contributed by atoms with Crippen LogP contribution in [0, 0.1) is 12.7 Å². The standard InChI is InChI=1S/C23H21FN4O2S/c1-16-6-8-17(9-7-16)22-27-21-5-3-2-4-20(21)23(28-22)25-14-15-26-31(29,30)19-12-10-18(24)11-13-19/h2-13,26H,14-15H2,1H3,(H,25,27,28). The summed E-state index contributed by atoms with van der Waals surface area (Å²) < 4.78 is 40.2. The average molecular weight is 437 g/mol. The van der Waals surface area contributed by atoms with E-state index >= 15 is 0 Å². The predicted molar refractivity (Wildman–Crippen MR) is 120 cm³/mol. The Morgan fingerprint density at radius 3 is 2.32 bits per heavy atom. The maximum Gasteiger partial charge on any atom is 0.240 e. The molecule has 2 N–H and O–H groups in total. The van der Waals surface area contributed by atoms with Crippen molar-refractivity contribution in [3.8, 4) is 11.4 Å². The first-order valence-electron chi connectivity index (χ1n) is 9.75. The third-order valence-electron chi connectivity index (χ3n) is 4.75. The molecule has 0 aliphatic rings. The van der Waals surface area contributed by atoms with Crippen LogP contribution in [-0.4, -0.2) is 31.5 Å². The first kappa shape index (κ1) is 20.9. The van der Waals surface area contributed by atoms with E-state index in [0.29, 0.717) is 18.2 Å². The van der Waals surface area contributed by atoms with Crippen LogP contribution in [0.3, 0.4) is 0 Å². The molecule has 3 aromatic carbocycles. The van der Waals surface area contributed by atoms with Gasteiger partial charge in [-0.2, -0.15) is 0 Å². The minimum absolute atomic E-state index is 0.0167. The van der Waals surface area contributed by atoms with Gasteiger partial charge in [-0.05, 0) is 43.3 Å². The number of hydrogen-bond donors (Lipinski definition) is 2. The van der Waals surface area contributed by atoms with Crippen LogP contribution in [0.15, 0.2) is 77.7 Å². The second-order valence-corrected chi connectivity index (χ2v) is 8.82. The van der Waals surface area contributed by atoms with Gasteiger partial charge in [0.1, 0.15) is 11.6 Å². The molecule has 1 heterocycles. The fourth-order valence-corrected chi connectivity index (χ4v) is 4.14. The van der Waals surface area contributed by atoms with E-state index in [0.717, 1.165) is 34.2 Å². The van der Waals surface area contributed by atoms with Gasteiger partial charge in [-0.3, -0.25) is 0 Å². The van der Waals surface area contributed by atoms with E-state index < -0.39 is 15.8 Å².